The quantitative estimate of drug-likeness (QED) is 0.0498. The molecule has 0 atom stereocenters. The van der Waals surface area contributed by atoms with Gasteiger partial charge in [0.25, 0.3) is 0 Å². The molecule has 0 unspecified atom stereocenters. The molecule has 0 aliphatic rings. The summed E-state index contributed by atoms with van der Waals surface area (Å²) in [6, 6.07) is 15.1. The lowest BCUT2D eigenvalue weighted by Gasteiger charge is -2.20. The third-order valence-corrected chi connectivity index (χ3v) is 13.8. The van der Waals surface area contributed by atoms with E-state index in [1.54, 1.807) is 6.07 Å². The molecule has 8 rings (SSSR count). The van der Waals surface area contributed by atoms with Gasteiger partial charge in [-0.05, 0) is 86.3 Å². The zero-order chi connectivity index (χ0) is 52.6. The van der Waals surface area contributed by atoms with Crippen molar-refractivity contribution in [2.24, 2.45) is 0 Å². The molecule has 390 valence electrons. The average Bonchev–Trinajstić information content (AvgIpc) is 3.95. The maximum atomic E-state index is 15.3. The predicted octanol–water partition coefficient (Wildman–Crippen LogP) is 18.1. The highest BCUT2D eigenvalue weighted by atomic mass is 32.1. The molecular formula is C54H49F11O6S2. The van der Waals surface area contributed by atoms with Crippen LogP contribution in [-0.2, 0) is 12.2 Å². The van der Waals surface area contributed by atoms with Crippen LogP contribution in [0.5, 0.6) is 34.5 Å². The van der Waals surface area contributed by atoms with Crippen LogP contribution in [0.15, 0.2) is 78.9 Å². The lowest BCUT2D eigenvalue weighted by Crippen LogP contribution is -2.24. The fourth-order valence-corrected chi connectivity index (χ4v) is 9.71. The van der Waals surface area contributed by atoms with Crippen molar-refractivity contribution in [3.8, 4) is 34.5 Å². The van der Waals surface area contributed by atoms with Gasteiger partial charge in [0.05, 0.1) is 45.2 Å². The second kappa shape index (κ2) is 23.8. The first-order valence-electron chi connectivity index (χ1n) is 23.6. The molecule has 0 saturated heterocycles. The van der Waals surface area contributed by atoms with E-state index in [1.165, 1.54) is 36.4 Å². The van der Waals surface area contributed by atoms with Crippen LogP contribution < -0.4 is 28.4 Å². The third-order valence-electron chi connectivity index (χ3n) is 11.4. The van der Waals surface area contributed by atoms with Crippen molar-refractivity contribution in [1.29, 1.82) is 0 Å². The summed E-state index contributed by atoms with van der Waals surface area (Å²) in [4.78, 5) is 0. The lowest BCUT2D eigenvalue weighted by molar-refractivity contribution is -0.189. The first-order chi connectivity index (χ1) is 35.0. The summed E-state index contributed by atoms with van der Waals surface area (Å²) >= 11 is 1.36. The van der Waals surface area contributed by atoms with Crippen LogP contribution in [0.2, 0.25) is 0 Å². The van der Waals surface area contributed by atoms with Crippen molar-refractivity contribution in [2.45, 2.75) is 91.3 Å². The molecule has 0 saturated carbocycles. The molecule has 6 aromatic carbocycles. The molecular weight excluding hydrogens is 1020 g/mol. The first kappa shape index (κ1) is 54.6. The summed E-state index contributed by atoms with van der Waals surface area (Å²) in [6.45, 7) is 8.89. The minimum Gasteiger partial charge on any atom is -0.493 e. The highest BCUT2D eigenvalue weighted by Gasteiger charge is 2.41. The van der Waals surface area contributed by atoms with Crippen LogP contribution in [0.3, 0.4) is 0 Å². The van der Waals surface area contributed by atoms with Crippen molar-refractivity contribution < 1.29 is 76.7 Å². The Balaban J connectivity index is 0.000000214. The number of hydrogen-bond donors (Lipinski definition) is 0. The molecule has 0 amide bonds. The van der Waals surface area contributed by atoms with Gasteiger partial charge in [-0.1, -0.05) is 65.5 Å². The van der Waals surface area contributed by atoms with Crippen LogP contribution in [0.4, 0.5) is 48.3 Å². The Morgan fingerprint density at radius 2 is 0.699 bits per heavy atom. The minimum absolute atomic E-state index is 0.0126. The molecule has 0 N–H and O–H groups in total. The number of alkyl halides is 4. The molecule has 0 aliphatic carbocycles. The maximum Gasteiger partial charge on any atom is 0.429 e. The van der Waals surface area contributed by atoms with Gasteiger partial charge in [-0.2, -0.15) is 26.3 Å². The summed E-state index contributed by atoms with van der Waals surface area (Å²) in [5.41, 5.74) is -2.28. The van der Waals surface area contributed by atoms with Gasteiger partial charge in [-0.25, -0.2) is 22.0 Å². The number of thiophene rings is 2. The average molecular weight is 1070 g/mol. The smallest absolute Gasteiger partial charge is 0.429 e. The van der Waals surface area contributed by atoms with Crippen LogP contribution in [0, 0.1) is 40.7 Å². The Bertz CT molecular complexity index is 3210. The van der Waals surface area contributed by atoms with Crippen molar-refractivity contribution in [1.82, 2.24) is 0 Å². The zero-order valence-electron chi connectivity index (χ0n) is 39.9. The first-order valence-corrected chi connectivity index (χ1v) is 25.2. The molecule has 8 aromatic rings. The van der Waals surface area contributed by atoms with Crippen molar-refractivity contribution in [2.75, 3.05) is 26.4 Å². The SMILES string of the molecule is CCCCOc1ccc(OC(F)(F)c2ccc3c(sc4c(F)c(OCCCC)ccc43)c2F)c(F)c1.CCCCOc1ccc(OC(F)(F)c2ccc3c(sc4c(F)c(OCCCC)ccc43)c2F)c(F)c1F. The van der Waals surface area contributed by atoms with E-state index in [0.29, 0.717) is 59.7 Å². The van der Waals surface area contributed by atoms with E-state index in [0.717, 1.165) is 81.3 Å². The number of benzene rings is 6. The second-order valence-corrected chi connectivity index (χ2v) is 18.7. The fourth-order valence-electron chi connectivity index (χ4n) is 7.37. The third kappa shape index (κ3) is 11.9. The van der Waals surface area contributed by atoms with E-state index in [-0.39, 0.29) is 53.4 Å². The summed E-state index contributed by atoms with van der Waals surface area (Å²) in [5, 5.41) is 1.23. The van der Waals surface area contributed by atoms with E-state index in [4.69, 9.17) is 18.9 Å². The van der Waals surface area contributed by atoms with Gasteiger partial charge in [0.15, 0.2) is 57.8 Å². The van der Waals surface area contributed by atoms with Crippen LogP contribution in [-0.4, -0.2) is 26.4 Å². The van der Waals surface area contributed by atoms with Crippen molar-refractivity contribution in [3.05, 3.63) is 131 Å². The van der Waals surface area contributed by atoms with E-state index < -0.39 is 81.3 Å². The monoisotopic (exact) mass is 1070 g/mol. The molecule has 0 fully saturated rings. The molecule has 2 aromatic heterocycles. The molecule has 0 bridgehead atoms. The number of rotatable bonds is 22. The topological polar surface area (TPSA) is 55.4 Å². The maximum absolute atomic E-state index is 15.3. The van der Waals surface area contributed by atoms with Gasteiger partial charge in [0.2, 0.25) is 11.6 Å². The summed E-state index contributed by atoms with van der Waals surface area (Å²) in [6.07, 6.45) is -2.38. The van der Waals surface area contributed by atoms with Gasteiger partial charge < -0.3 is 28.4 Å². The second-order valence-electron chi connectivity index (χ2n) is 16.6. The van der Waals surface area contributed by atoms with Gasteiger partial charge in [0.1, 0.15) is 16.9 Å². The van der Waals surface area contributed by atoms with Gasteiger partial charge in [-0.3, -0.25) is 0 Å². The Hall–Kier alpha value is -6.21. The molecule has 0 spiro atoms. The molecule has 19 heteroatoms. The minimum atomic E-state index is -4.36. The van der Waals surface area contributed by atoms with Crippen molar-refractivity contribution >= 4 is 63.0 Å². The highest BCUT2D eigenvalue weighted by Crippen LogP contribution is 2.46. The fraction of sp³-hybridized carbons (Fsp3) is 0.333. The van der Waals surface area contributed by atoms with E-state index >= 15 is 17.6 Å². The number of hydrogen-bond acceptors (Lipinski definition) is 8. The summed E-state index contributed by atoms with van der Waals surface area (Å²) in [5.74, 6) is -10.3. The molecule has 73 heavy (non-hydrogen) atoms. The van der Waals surface area contributed by atoms with Crippen LogP contribution in [0.25, 0.3) is 40.3 Å². The molecule has 6 nitrogen and oxygen atoms in total. The molecule has 0 aliphatic heterocycles. The van der Waals surface area contributed by atoms with Gasteiger partial charge in [0, 0.05) is 27.6 Å². The number of halogens is 11. The lowest BCUT2D eigenvalue weighted by atomic mass is 10.1. The Labute approximate surface area is 421 Å². The number of ether oxygens (including phenoxy) is 6. The van der Waals surface area contributed by atoms with Crippen LogP contribution >= 0.6 is 22.7 Å². The summed E-state index contributed by atoms with van der Waals surface area (Å²) in [7, 11) is 0. The largest absolute Gasteiger partial charge is 0.493 e. The Morgan fingerprint density at radius 3 is 1.12 bits per heavy atom. The van der Waals surface area contributed by atoms with E-state index in [1.807, 2.05) is 27.7 Å². The van der Waals surface area contributed by atoms with E-state index in [2.05, 4.69) is 9.47 Å². The Morgan fingerprint density at radius 1 is 0.370 bits per heavy atom. The van der Waals surface area contributed by atoms with Gasteiger partial charge >= 0.3 is 12.2 Å². The number of fused-ring (bicyclic) bond motifs is 6. The van der Waals surface area contributed by atoms with Crippen LogP contribution in [0.1, 0.15) is 90.2 Å². The predicted molar refractivity (Wildman–Crippen MR) is 262 cm³/mol. The normalized spacial score (nSPS) is 11.9. The molecule has 2 heterocycles. The van der Waals surface area contributed by atoms with Crippen molar-refractivity contribution in [3.63, 3.8) is 0 Å². The highest BCUT2D eigenvalue weighted by molar-refractivity contribution is 7.26. The zero-order valence-corrected chi connectivity index (χ0v) is 41.5. The summed E-state index contributed by atoms with van der Waals surface area (Å²) < 4.78 is 194. The Kier molecular flexibility index (Phi) is 17.8. The standard InChI is InChI=1S/C27H24F6O3S.C27H25F5O3S/c1-3-5-13-34-18-11-12-20(23(30)22(18)29)36-27(32,33)17-9-7-15-16-8-10-19(35-14-6-4-2)24(31)26(16)37-25(15)21(17)28;1-3-5-13-33-16-7-11-21(20(28)15-16)35-27(31,32)19-10-8-17-18-9-12-22(34-14-6-4-2)24(30)26(18)36-25(17)23(19)29/h7-12H,3-6,13-14H2,1-2H3;7-12,15H,3-6,13-14H2,1-2H3. The van der Waals surface area contributed by atoms with Gasteiger partial charge in [-0.15, -0.1) is 22.7 Å². The molecule has 0 radical (unpaired) electrons. The van der Waals surface area contributed by atoms with E-state index in [9.17, 15) is 30.7 Å². The number of unbranched alkanes of at least 4 members (excludes halogenated alkanes) is 4.